The van der Waals surface area contributed by atoms with Crippen molar-refractivity contribution < 1.29 is 4.42 Å². The van der Waals surface area contributed by atoms with Gasteiger partial charge in [-0.3, -0.25) is 14.1 Å². The number of rotatable bonds is 6. The number of benzene rings is 7. The summed E-state index contributed by atoms with van der Waals surface area (Å²) < 4.78 is 10.6. The molecule has 13 rings (SSSR count). The van der Waals surface area contributed by atoms with Crippen molar-refractivity contribution in [2.24, 2.45) is 0 Å². The highest BCUT2D eigenvalue weighted by Gasteiger charge is 2.20. The van der Waals surface area contributed by atoms with Crippen LogP contribution in [0.25, 0.3) is 122 Å². The molecule has 0 aliphatic heterocycles. The van der Waals surface area contributed by atoms with Gasteiger partial charge in [-0.05, 0) is 90.0 Å². The van der Waals surface area contributed by atoms with E-state index in [1.807, 2.05) is 30.3 Å². The lowest BCUT2D eigenvalue weighted by atomic mass is 10.0. The van der Waals surface area contributed by atoms with E-state index in [1.165, 1.54) is 0 Å². The summed E-state index contributed by atoms with van der Waals surface area (Å²) in [6, 6.07) is 69.7. The Bertz CT molecular complexity index is 3860. The van der Waals surface area contributed by atoms with Crippen molar-refractivity contribution in [1.82, 2.24) is 29.1 Å². The van der Waals surface area contributed by atoms with Crippen molar-refractivity contribution in [1.29, 1.82) is 0 Å². The van der Waals surface area contributed by atoms with Crippen molar-refractivity contribution >= 4 is 65.7 Å². The van der Waals surface area contributed by atoms with Crippen LogP contribution in [-0.2, 0) is 0 Å². The Morgan fingerprint density at radius 2 is 0.952 bits per heavy atom. The molecule has 0 unspecified atom stereocenters. The maximum atomic E-state index is 6.07. The van der Waals surface area contributed by atoms with E-state index in [-0.39, 0.29) is 0 Å². The molecule has 7 aromatic carbocycles. The van der Waals surface area contributed by atoms with Crippen LogP contribution in [0.3, 0.4) is 0 Å². The Labute approximate surface area is 360 Å². The quantitative estimate of drug-likeness (QED) is 0.167. The number of fused-ring (bicyclic) bond motifs is 9. The van der Waals surface area contributed by atoms with E-state index in [0.29, 0.717) is 5.95 Å². The lowest BCUT2D eigenvalue weighted by Gasteiger charge is -2.12. The normalized spacial score (nSPS) is 11.8. The van der Waals surface area contributed by atoms with Gasteiger partial charge in [-0.2, -0.15) is 0 Å². The lowest BCUT2D eigenvalue weighted by molar-refractivity contribution is 0.668. The molecular formula is C56H34N6O. The van der Waals surface area contributed by atoms with Crippen molar-refractivity contribution in [2.75, 3.05) is 0 Å². The molecule has 0 fully saturated rings. The van der Waals surface area contributed by atoms with E-state index in [1.54, 1.807) is 6.20 Å². The fourth-order valence-corrected chi connectivity index (χ4v) is 9.28. The number of furan rings is 1. The van der Waals surface area contributed by atoms with Crippen LogP contribution in [0, 0.1) is 0 Å². The summed E-state index contributed by atoms with van der Waals surface area (Å²) in [7, 11) is 0. The lowest BCUT2D eigenvalue weighted by Crippen LogP contribution is -2.04. The van der Waals surface area contributed by atoms with Crippen LogP contribution in [0.2, 0.25) is 0 Å². The third-order valence-corrected chi connectivity index (χ3v) is 12.2. The fraction of sp³-hybridized carbons (Fsp3) is 0. The molecule has 0 amide bonds. The fourth-order valence-electron chi connectivity index (χ4n) is 9.28. The minimum Gasteiger partial charge on any atom is -0.454 e. The first-order chi connectivity index (χ1) is 31.2. The van der Waals surface area contributed by atoms with Crippen LogP contribution >= 0.6 is 0 Å². The zero-order valence-corrected chi connectivity index (χ0v) is 33.7. The summed E-state index contributed by atoms with van der Waals surface area (Å²) in [5, 5.41) is 5.58. The highest BCUT2D eigenvalue weighted by atomic mass is 16.3. The average molecular weight is 807 g/mol. The molecule has 0 saturated heterocycles. The van der Waals surface area contributed by atoms with Gasteiger partial charge >= 0.3 is 0 Å². The van der Waals surface area contributed by atoms with Gasteiger partial charge in [-0.1, -0.05) is 121 Å². The van der Waals surface area contributed by atoms with E-state index in [0.717, 1.165) is 116 Å². The molecule has 6 aromatic heterocycles. The van der Waals surface area contributed by atoms with Crippen molar-refractivity contribution in [3.05, 3.63) is 206 Å². The summed E-state index contributed by atoms with van der Waals surface area (Å²) in [4.78, 5) is 20.4. The molecule has 0 N–H and O–H groups in total. The topological polar surface area (TPSA) is 74.6 Å². The minimum absolute atomic E-state index is 0.626. The molecule has 7 nitrogen and oxygen atoms in total. The van der Waals surface area contributed by atoms with Crippen LogP contribution in [0.15, 0.2) is 211 Å². The smallest absolute Gasteiger partial charge is 0.235 e. The summed E-state index contributed by atoms with van der Waals surface area (Å²) in [5.74, 6) is 1.47. The van der Waals surface area contributed by atoms with Crippen molar-refractivity contribution in [3.63, 3.8) is 0 Å². The second-order valence-corrected chi connectivity index (χ2v) is 15.9. The van der Waals surface area contributed by atoms with E-state index in [2.05, 4.69) is 184 Å². The van der Waals surface area contributed by atoms with E-state index in [9.17, 15) is 0 Å². The number of para-hydroxylation sites is 2. The van der Waals surface area contributed by atoms with Crippen LogP contribution in [0.1, 0.15) is 0 Å². The zero-order valence-electron chi connectivity index (χ0n) is 33.7. The number of nitrogens with zero attached hydrogens (tertiary/aromatic N) is 6. The Morgan fingerprint density at radius 3 is 1.73 bits per heavy atom. The molecule has 0 spiro atoms. The highest BCUT2D eigenvalue weighted by Crippen LogP contribution is 2.39. The van der Waals surface area contributed by atoms with Crippen LogP contribution < -0.4 is 0 Å². The van der Waals surface area contributed by atoms with E-state index < -0.39 is 0 Å². The first-order valence-corrected chi connectivity index (χ1v) is 21.0. The maximum absolute atomic E-state index is 6.07. The summed E-state index contributed by atoms with van der Waals surface area (Å²) in [6.45, 7) is 0. The Morgan fingerprint density at radius 1 is 0.333 bits per heavy atom. The van der Waals surface area contributed by atoms with Gasteiger partial charge in [-0.15, -0.1) is 0 Å². The average Bonchev–Trinajstić information content (AvgIpc) is 4.01. The highest BCUT2D eigenvalue weighted by molar-refractivity contribution is 6.12. The third kappa shape index (κ3) is 5.67. The van der Waals surface area contributed by atoms with Gasteiger partial charge in [-0.25, -0.2) is 15.0 Å². The maximum Gasteiger partial charge on any atom is 0.235 e. The number of aromatic nitrogens is 6. The molecule has 0 radical (unpaired) electrons. The standard InChI is InChI=1S/C56H34N6O/c1-3-13-35(14-4-1)46-34-47(36-15-5-2-6-16-36)60-56(59-46)62-49-21-10-7-17-40(49)42-27-24-38(33-51(42)62)37-25-28-50-43(31-37)41-18-8-9-20-48(41)61(50)54-23-11-19-45(58-54)39-26-29-52-44(32-39)55-53(63-52)22-12-30-57-55/h1-34H. The van der Waals surface area contributed by atoms with Gasteiger partial charge in [0, 0.05) is 49.8 Å². The minimum atomic E-state index is 0.626. The third-order valence-electron chi connectivity index (χ3n) is 12.2. The van der Waals surface area contributed by atoms with Crippen molar-refractivity contribution in [2.45, 2.75) is 0 Å². The predicted molar refractivity (Wildman–Crippen MR) is 255 cm³/mol. The number of hydrogen-bond acceptors (Lipinski definition) is 5. The molecule has 13 aromatic rings. The Hall–Kier alpha value is -8.68. The molecule has 0 bridgehead atoms. The summed E-state index contributed by atoms with van der Waals surface area (Å²) in [5.41, 5.74) is 14.6. The molecule has 0 aliphatic carbocycles. The second-order valence-electron chi connectivity index (χ2n) is 15.9. The molecule has 0 saturated carbocycles. The van der Waals surface area contributed by atoms with E-state index >= 15 is 0 Å². The van der Waals surface area contributed by atoms with Crippen molar-refractivity contribution in [3.8, 4) is 56.7 Å². The summed E-state index contributed by atoms with van der Waals surface area (Å²) >= 11 is 0. The first-order valence-electron chi connectivity index (χ1n) is 21.0. The molecule has 0 aliphatic rings. The van der Waals surface area contributed by atoms with Crippen LogP contribution in [0.5, 0.6) is 0 Å². The van der Waals surface area contributed by atoms with Gasteiger partial charge in [0.2, 0.25) is 5.95 Å². The van der Waals surface area contributed by atoms with E-state index in [4.69, 9.17) is 19.4 Å². The molecule has 7 heteroatoms. The largest absolute Gasteiger partial charge is 0.454 e. The predicted octanol–water partition coefficient (Wildman–Crippen LogP) is 14.0. The Balaban J connectivity index is 0.961. The second kappa shape index (κ2) is 13.9. The first kappa shape index (κ1) is 35.1. The monoisotopic (exact) mass is 806 g/mol. The number of hydrogen-bond donors (Lipinski definition) is 0. The molecular weight excluding hydrogens is 773 g/mol. The Kier molecular flexibility index (Phi) is 7.77. The molecule has 294 valence electrons. The summed E-state index contributed by atoms with van der Waals surface area (Å²) in [6.07, 6.45) is 1.80. The van der Waals surface area contributed by atoms with Gasteiger partial charge in [0.1, 0.15) is 16.9 Å². The van der Waals surface area contributed by atoms with Gasteiger partial charge in [0.05, 0.1) is 39.1 Å². The van der Waals surface area contributed by atoms with Gasteiger partial charge in [0.25, 0.3) is 0 Å². The number of pyridine rings is 2. The molecule has 63 heavy (non-hydrogen) atoms. The van der Waals surface area contributed by atoms with Crippen LogP contribution in [-0.4, -0.2) is 29.1 Å². The van der Waals surface area contributed by atoms with Crippen LogP contribution in [0.4, 0.5) is 0 Å². The molecule has 6 heterocycles. The van der Waals surface area contributed by atoms with Gasteiger partial charge < -0.3 is 4.42 Å². The molecule has 0 atom stereocenters. The van der Waals surface area contributed by atoms with Gasteiger partial charge in [0.15, 0.2) is 5.58 Å². The SMILES string of the molecule is c1ccc(-c2cc(-c3ccccc3)nc(-n3c4ccccc4c4ccc(-c5ccc6c(c5)c5ccccc5n6-c5cccc(-c6ccc7oc8cccnc8c7c6)n5)cc43)n2)cc1. The zero-order chi connectivity index (χ0) is 41.4.